The zero-order chi connectivity index (χ0) is 16.9. The molecule has 0 radical (unpaired) electrons. The maximum absolute atomic E-state index is 13.1. The molecule has 0 aliphatic carbocycles. The Bertz CT molecular complexity index is 556. The number of ether oxygens (including phenoxy) is 1. The lowest BCUT2D eigenvalue weighted by molar-refractivity contribution is -0.120. The lowest BCUT2D eigenvalue weighted by Gasteiger charge is -2.20. The monoisotopic (exact) mass is 314 g/mol. The van der Waals surface area contributed by atoms with Crippen molar-refractivity contribution in [3.8, 4) is 0 Å². The van der Waals surface area contributed by atoms with Gasteiger partial charge in [-0.2, -0.15) is 0 Å². The zero-order valence-electron chi connectivity index (χ0n) is 13.0. The van der Waals surface area contributed by atoms with Crippen molar-refractivity contribution in [2.45, 2.75) is 39.3 Å². The van der Waals surface area contributed by atoms with E-state index in [2.05, 4.69) is 10.6 Å². The van der Waals surface area contributed by atoms with Gasteiger partial charge in [0, 0.05) is 0 Å². The number of halogens is 2. The van der Waals surface area contributed by atoms with E-state index in [1.54, 1.807) is 27.7 Å². The summed E-state index contributed by atoms with van der Waals surface area (Å²) in [6.07, 6.45) is -0.705. The molecule has 0 saturated heterocycles. The Morgan fingerprint density at radius 1 is 1.23 bits per heavy atom. The molecule has 1 rings (SSSR count). The molecule has 5 nitrogen and oxygen atoms in total. The van der Waals surface area contributed by atoms with Gasteiger partial charge in [0.1, 0.15) is 12.1 Å². The van der Waals surface area contributed by atoms with Gasteiger partial charge >= 0.3 is 6.09 Å². The van der Waals surface area contributed by atoms with E-state index >= 15 is 0 Å². The Labute approximate surface area is 128 Å². The van der Waals surface area contributed by atoms with Crippen LogP contribution in [0.3, 0.4) is 0 Å². The number of alkyl carbamates (subject to hydrolysis) is 1. The van der Waals surface area contributed by atoms with Crippen LogP contribution in [0.1, 0.15) is 39.3 Å². The maximum Gasteiger partial charge on any atom is 0.408 e. The first-order valence-corrected chi connectivity index (χ1v) is 6.79. The average molecular weight is 314 g/mol. The van der Waals surface area contributed by atoms with E-state index in [0.29, 0.717) is 5.56 Å². The number of hydrogen-bond acceptors (Lipinski definition) is 3. The summed E-state index contributed by atoms with van der Waals surface area (Å²) in [5, 5.41) is 4.87. The molecule has 1 aromatic carbocycles. The number of carbonyl (C=O) groups is 2. The number of benzene rings is 1. The topological polar surface area (TPSA) is 67.4 Å². The fraction of sp³-hybridized carbons (Fsp3) is 0.467. The summed E-state index contributed by atoms with van der Waals surface area (Å²) in [6.45, 7) is 6.47. The summed E-state index contributed by atoms with van der Waals surface area (Å²) in [7, 11) is 0. The molecule has 1 atom stereocenters. The van der Waals surface area contributed by atoms with E-state index in [-0.39, 0.29) is 6.54 Å². The Morgan fingerprint density at radius 2 is 1.86 bits per heavy atom. The van der Waals surface area contributed by atoms with E-state index in [1.165, 1.54) is 6.07 Å². The van der Waals surface area contributed by atoms with Crippen molar-refractivity contribution in [1.29, 1.82) is 0 Å². The minimum absolute atomic E-state index is 0.275. The second kappa shape index (κ2) is 7.20. The summed E-state index contributed by atoms with van der Waals surface area (Å²) >= 11 is 0. The third-order valence-corrected chi connectivity index (χ3v) is 2.61. The van der Waals surface area contributed by atoms with Gasteiger partial charge in [-0.05, 0) is 45.4 Å². The molecule has 1 aromatic rings. The number of amides is 2. The molecular formula is C15H20F2N2O3. The molecular weight excluding hydrogens is 294 g/mol. The van der Waals surface area contributed by atoms with Crippen molar-refractivity contribution in [3.05, 3.63) is 35.4 Å². The molecule has 0 aromatic heterocycles. The van der Waals surface area contributed by atoms with Gasteiger partial charge < -0.3 is 15.4 Å². The first-order chi connectivity index (χ1) is 10.1. The maximum atomic E-state index is 13.1. The van der Waals surface area contributed by atoms with Crippen molar-refractivity contribution in [1.82, 2.24) is 10.6 Å². The van der Waals surface area contributed by atoms with Crippen molar-refractivity contribution in [3.63, 3.8) is 0 Å². The van der Waals surface area contributed by atoms with Gasteiger partial charge in [-0.15, -0.1) is 0 Å². The fourth-order valence-corrected chi connectivity index (χ4v) is 1.62. The summed E-state index contributed by atoms with van der Waals surface area (Å²) in [5.74, 6) is -2.40. The zero-order valence-corrected chi connectivity index (χ0v) is 13.0. The van der Waals surface area contributed by atoms with Crippen molar-refractivity contribution in [2.75, 3.05) is 6.54 Å². The lowest BCUT2D eigenvalue weighted by atomic mass is 10.1. The average Bonchev–Trinajstić information content (AvgIpc) is 2.37. The third kappa shape index (κ3) is 6.07. The van der Waals surface area contributed by atoms with Gasteiger partial charge in [0.05, 0.1) is 6.04 Å². The van der Waals surface area contributed by atoms with Crippen molar-refractivity contribution in [2.24, 2.45) is 0 Å². The van der Waals surface area contributed by atoms with Crippen LogP contribution in [0.5, 0.6) is 0 Å². The molecule has 122 valence electrons. The van der Waals surface area contributed by atoms with Crippen LogP contribution in [-0.4, -0.2) is 24.1 Å². The number of hydrogen-bond donors (Lipinski definition) is 2. The van der Waals surface area contributed by atoms with Crippen molar-refractivity contribution < 1.29 is 23.1 Å². The van der Waals surface area contributed by atoms with Crippen LogP contribution in [0.25, 0.3) is 0 Å². The summed E-state index contributed by atoms with van der Waals surface area (Å²) < 4.78 is 31.0. The highest BCUT2D eigenvalue weighted by molar-refractivity contribution is 5.82. The molecule has 0 bridgehead atoms. The molecule has 2 N–H and O–H groups in total. The molecule has 0 spiro atoms. The van der Waals surface area contributed by atoms with E-state index in [9.17, 15) is 18.4 Å². The van der Waals surface area contributed by atoms with Crippen LogP contribution in [0.2, 0.25) is 0 Å². The smallest absolute Gasteiger partial charge is 0.408 e. The molecule has 0 heterocycles. The second-order valence-corrected chi connectivity index (χ2v) is 5.82. The number of nitrogens with one attached hydrogen (secondary N) is 2. The molecule has 22 heavy (non-hydrogen) atoms. The van der Waals surface area contributed by atoms with Crippen LogP contribution in [0.4, 0.5) is 13.6 Å². The second-order valence-electron chi connectivity index (χ2n) is 5.82. The Morgan fingerprint density at radius 3 is 2.41 bits per heavy atom. The van der Waals surface area contributed by atoms with E-state index in [0.717, 1.165) is 12.1 Å². The van der Waals surface area contributed by atoms with Crippen LogP contribution in [-0.2, 0) is 9.53 Å². The minimum atomic E-state index is -0.981. The predicted octanol–water partition coefficient (Wildman–Crippen LogP) is 2.67. The highest BCUT2D eigenvalue weighted by Gasteiger charge is 2.17. The summed E-state index contributed by atoms with van der Waals surface area (Å²) in [6, 6.07) is 2.86. The minimum Gasteiger partial charge on any atom is -0.444 e. The predicted molar refractivity (Wildman–Crippen MR) is 77.2 cm³/mol. The molecule has 7 heteroatoms. The Kier molecular flexibility index (Phi) is 5.84. The standard InChI is InChI=1S/C15H20F2N2O3/c1-9(10-5-6-11(16)12(17)7-10)19-13(20)8-18-14(21)22-15(2,3)4/h5-7,9H,8H2,1-4H3,(H,18,21)(H,19,20)/t9-/m0/s1. The van der Waals surface area contributed by atoms with Crippen LogP contribution < -0.4 is 10.6 Å². The molecule has 0 saturated carbocycles. The lowest BCUT2D eigenvalue weighted by Crippen LogP contribution is -2.40. The van der Waals surface area contributed by atoms with E-state index < -0.39 is 35.3 Å². The van der Waals surface area contributed by atoms with Gasteiger partial charge in [-0.25, -0.2) is 13.6 Å². The molecule has 0 unspecified atom stereocenters. The van der Waals surface area contributed by atoms with Crippen LogP contribution >= 0.6 is 0 Å². The number of carbonyl (C=O) groups excluding carboxylic acids is 2. The van der Waals surface area contributed by atoms with Gasteiger partial charge in [0.15, 0.2) is 11.6 Å². The SMILES string of the molecule is C[C@H](NC(=O)CNC(=O)OC(C)(C)C)c1ccc(F)c(F)c1. The normalized spacial score (nSPS) is 12.5. The van der Waals surface area contributed by atoms with Gasteiger partial charge in [-0.1, -0.05) is 6.07 Å². The number of rotatable bonds is 4. The molecule has 2 amide bonds. The first-order valence-electron chi connectivity index (χ1n) is 6.79. The highest BCUT2D eigenvalue weighted by atomic mass is 19.2. The van der Waals surface area contributed by atoms with Gasteiger partial charge in [0.25, 0.3) is 0 Å². The molecule has 0 aliphatic rings. The third-order valence-electron chi connectivity index (χ3n) is 2.61. The quantitative estimate of drug-likeness (QED) is 0.898. The Balaban J connectivity index is 2.47. The van der Waals surface area contributed by atoms with E-state index in [1.807, 2.05) is 0 Å². The van der Waals surface area contributed by atoms with Gasteiger partial charge in [-0.3, -0.25) is 4.79 Å². The van der Waals surface area contributed by atoms with Crippen LogP contribution in [0.15, 0.2) is 18.2 Å². The molecule has 0 fully saturated rings. The fourth-order valence-electron chi connectivity index (χ4n) is 1.62. The highest BCUT2D eigenvalue weighted by Crippen LogP contribution is 2.15. The first kappa shape index (κ1) is 17.9. The molecule has 0 aliphatic heterocycles. The summed E-state index contributed by atoms with van der Waals surface area (Å²) in [4.78, 5) is 23.1. The Hall–Kier alpha value is -2.18. The van der Waals surface area contributed by atoms with Crippen molar-refractivity contribution >= 4 is 12.0 Å². The largest absolute Gasteiger partial charge is 0.444 e. The van der Waals surface area contributed by atoms with Crippen LogP contribution in [0, 0.1) is 11.6 Å². The van der Waals surface area contributed by atoms with Gasteiger partial charge in [0.2, 0.25) is 5.91 Å². The van der Waals surface area contributed by atoms with E-state index in [4.69, 9.17) is 4.74 Å². The summed E-state index contributed by atoms with van der Waals surface area (Å²) in [5.41, 5.74) is -0.232.